The van der Waals surface area contributed by atoms with Crippen LogP contribution in [0.1, 0.15) is 26.3 Å². The van der Waals surface area contributed by atoms with Crippen molar-refractivity contribution in [3.05, 3.63) is 65.2 Å². The number of nitrogens with zero attached hydrogens (tertiary/aromatic N) is 3. The van der Waals surface area contributed by atoms with Crippen molar-refractivity contribution in [2.45, 2.75) is 0 Å². The van der Waals surface area contributed by atoms with Gasteiger partial charge in [0.25, 0.3) is 11.8 Å². The van der Waals surface area contributed by atoms with Crippen LogP contribution in [-0.4, -0.2) is 54.9 Å². The zero-order valence-corrected chi connectivity index (χ0v) is 14.5. The summed E-state index contributed by atoms with van der Waals surface area (Å²) in [6.07, 6.45) is 0. The monoisotopic (exact) mass is 349 g/mol. The molecular formula is C20H19N3O3. The van der Waals surface area contributed by atoms with Crippen molar-refractivity contribution in [3.8, 4) is 11.8 Å². The van der Waals surface area contributed by atoms with E-state index in [1.807, 2.05) is 6.07 Å². The quantitative estimate of drug-likeness (QED) is 0.851. The second-order valence-corrected chi connectivity index (χ2v) is 6.01. The topological polar surface area (TPSA) is 73.6 Å². The maximum absolute atomic E-state index is 12.6. The van der Waals surface area contributed by atoms with Gasteiger partial charge in [0, 0.05) is 37.3 Å². The Morgan fingerprint density at radius 3 is 2.00 bits per heavy atom. The van der Waals surface area contributed by atoms with Crippen molar-refractivity contribution < 1.29 is 14.3 Å². The van der Waals surface area contributed by atoms with Gasteiger partial charge in [-0.25, -0.2) is 0 Å². The van der Waals surface area contributed by atoms with Crippen molar-refractivity contribution in [3.63, 3.8) is 0 Å². The van der Waals surface area contributed by atoms with Crippen LogP contribution >= 0.6 is 0 Å². The first-order valence-corrected chi connectivity index (χ1v) is 8.35. The van der Waals surface area contributed by atoms with Crippen LogP contribution in [-0.2, 0) is 0 Å². The van der Waals surface area contributed by atoms with Crippen molar-refractivity contribution >= 4 is 11.8 Å². The number of methoxy groups -OCH3 is 1. The smallest absolute Gasteiger partial charge is 0.254 e. The van der Waals surface area contributed by atoms with Crippen LogP contribution in [0.4, 0.5) is 0 Å². The van der Waals surface area contributed by atoms with Gasteiger partial charge >= 0.3 is 0 Å². The minimum Gasteiger partial charge on any atom is -0.497 e. The number of hydrogen-bond acceptors (Lipinski definition) is 4. The molecule has 1 aliphatic heterocycles. The molecule has 0 spiro atoms. The summed E-state index contributed by atoms with van der Waals surface area (Å²) < 4.78 is 5.16. The van der Waals surface area contributed by atoms with Gasteiger partial charge in [-0.3, -0.25) is 9.59 Å². The molecule has 0 radical (unpaired) electrons. The molecule has 0 atom stereocenters. The normalized spacial score (nSPS) is 13.8. The van der Waals surface area contributed by atoms with Crippen LogP contribution in [0.2, 0.25) is 0 Å². The number of benzene rings is 2. The molecule has 0 aliphatic carbocycles. The van der Waals surface area contributed by atoms with E-state index in [4.69, 9.17) is 10.00 Å². The maximum atomic E-state index is 12.6. The lowest BCUT2D eigenvalue weighted by Gasteiger charge is -2.35. The van der Waals surface area contributed by atoms with Crippen LogP contribution in [0.25, 0.3) is 0 Å². The Kier molecular flexibility index (Phi) is 5.18. The third-order valence-electron chi connectivity index (χ3n) is 4.41. The standard InChI is InChI=1S/C20H19N3O3/c1-26-18-7-3-6-17(13-18)20(25)23-10-8-22(9-11-23)19(24)16-5-2-4-15(12-16)14-21/h2-7,12-13H,8-11H2,1H3. The molecule has 1 heterocycles. The number of carbonyl (C=O) groups excluding carboxylic acids is 2. The summed E-state index contributed by atoms with van der Waals surface area (Å²) in [5.74, 6) is 0.458. The summed E-state index contributed by atoms with van der Waals surface area (Å²) >= 11 is 0. The Morgan fingerprint density at radius 1 is 0.923 bits per heavy atom. The first kappa shape index (κ1) is 17.5. The molecule has 2 aromatic rings. The van der Waals surface area contributed by atoms with E-state index in [2.05, 4.69) is 0 Å². The molecule has 1 saturated heterocycles. The predicted molar refractivity (Wildman–Crippen MR) is 96.0 cm³/mol. The summed E-state index contributed by atoms with van der Waals surface area (Å²) in [7, 11) is 1.56. The van der Waals surface area contributed by atoms with E-state index in [0.717, 1.165) is 0 Å². The highest BCUT2D eigenvalue weighted by Gasteiger charge is 2.25. The molecular weight excluding hydrogens is 330 g/mol. The van der Waals surface area contributed by atoms with Gasteiger partial charge in [-0.1, -0.05) is 12.1 Å². The lowest BCUT2D eigenvalue weighted by molar-refractivity contribution is 0.0535. The number of hydrogen-bond donors (Lipinski definition) is 0. The van der Waals surface area contributed by atoms with Crippen molar-refractivity contribution in [1.29, 1.82) is 5.26 Å². The van der Waals surface area contributed by atoms with Gasteiger partial charge in [0.15, 0.2) is 0 Å². The molecule has 6 nitrogen and oxygen atoms in total. The molecule has 0 aromatic heterocycles. The summed E-state index contributed by atoms with van der Waals surface area (Å²) in [4.78, 5) is 28.7. The Labute approximate surface area is 152 Å². The van der Waals surface area contributed by atoms with Gasteiger partial charge in [0.2, 0.25) is 0 Å². The fraction of sp³-hybridized carbons (Fsp3) is 0.250. The number of ether oxygens (including phenoxy) is 1. The second-order valence-electron chi connectivity index (χ2n) is 6.01. The Morgan fingerprint density at radius 2 is 1.46 bits per heavy atom. The van der Waals surface area contributed by atoms with Crippen molar-refractivity contribution in [2.24, 2.45) is 0 Å². The van der Waals surface area contributed by atoms with Crippen LogP contribution in [0, 0.1) is 11.3 Å². The fourth-order valence-corrected chi connectivity index (χ4v) is 2.96. The SMILES string of the molecule is COc1cccc(C(=O)N2CCN(C(=O)c3cccc(C#N)c3)CC2)c1. The third kappa shape index (κ3) is 3.67. The van der Waals surface area contributed by atoms with Crippen LogP contribution < -0.4 is 4.74 Å². The lowest BCUT2D eigenvalue weighted by atomic mass is 10.1. The van der Waals surface area contributed by atoms with Crippen molar-refractivity contribution in [1.82, 2.24) is 9.80 Å². The molecule has 0 unspecified atom stereocenters. The molecule has 0 N–H and O–H groups in total. The largest absolute Gasteiger partial charge is 0.497 e. The molecule has 2 amide bonds. The predicted octanol–water partition coefficient (Wildman–Crippen LogP) is 2.17. The van der Waals surface area contributed by atoms with Gasteiger partial charge in [-0.2, -0.15) is 5.26 Å². The first-order valence-electron chi connectivity index (χ1n) is 8.35. The number of piperazine rings is 1. The van der Waals surface area contributed by atoms with E-state index >= 15 is 0 Å². The first-order chi connectivity index (χ1) is 12.6. The molecule has 2 aromatic carbocycles. The number of rotatable bonds is 3. The van der Waals surface area contributed by atoms with E-state index in [1.54, 1.807) is 65.4 Å². The van der Waals surface area contributed by atoms with E-state index in [0.29, 0.717) is 48.6 Å². The molecule has 3 rings (SSSR count). The van der Waals surface area contributed by atoms with E-state index in [-0.39, 0.29) is 11.8 Å². The zero-order valence-electron chi connectivity index (χ0n) is 14.5. The summed E-state index contributed by atoms with van der Waals surface area (Å²) in [6.45, 7) is 1.87. The van der Waals surface area contributed by atoms with Crippen LogP contribution in [0.15, 0.2) is 48.5 Å². The number of amides is 2. The average Bonchev–Trinajstić information content (AvgIpc) is 2.72. The highest BCUT2D eigenvalue weighted by atomic mass is 16.5. The Balaban J connectivity index is 1.64. The highest BCUT2D eigenvalue weighted by Crippen LogP contribution is 2.16. The third-order valence-corrected chi connectivity index (χ3v) is 4.41. The minimum atomic E-state index is -0.115. The molecule has 1 fully saturated rings. The highest BCUT2D eigenvalue weighted by molar-refractivity contribution is 5.96. The summed E-state index contributed by atoms with van der Waals surface area (Å²) in [6, 6.07) is 15.8. The Hall–Kier alpha value is -3.33. The van der Waals surface area contributed by atoms with Gasteiger partial charge < -0.3 is 14.5 Å². The minimum absolute atomic E-state index is 0.0672. The molecule has 1 aliphatic rings. The van der Waals surface area contributed by atoms with E-state index in [9.17, 15) is 9.59 Å². The number of carbonyl (C=O) groups is 2. The van der Waals surface area contributed by atoms with E-state index < -0.39 is 0 Å². The van der Waals surface area contributed by atoms with Gasteiger partial charge in [0.05, 0.1) is 18.7 Å². The Bertz CT molecular complexity index is 865. The van der Waals surface area contributed by atoms with Gasteiger partial charge in [0.1, 0.15) is 5.75 Å². The summed E-state index contributed by atoms with van der Waals surface area (Å²) in [5, 5.41) is 8.97. The average molecular weight is 349 g/mol. The molecule has 26 heavy (non-hydrogen) atoms. The van der Waals surface area contributed by atoms with Crippen LogP contribution in [0.5, 0.6) is 5.75 Å². The molecule has 132 valence electrons. The lowest BCUT2D eigenvalue weighted by Crippen LogP contribution is -2.50. The van der Waals surface area contributed by atoms with Gasteiger partial charge in [-0.15, -0.1) is 0 Å². The molecule has 0 saturated carbocycles. The van der Waals surface area contributed by atoms with Gasteiger partial charge in [-0.05, 0) is 36.4 Å². The summed E-state index contributed by atoms with van der Waals surface area (Å²) in [5.41, 5.74) is 1.53. The fourth-order valence-electron chi connectivity index (χ4n) is 2.96. The molecule has 6 heteroatoms. The maximum Gasteiger partial charge on any atom is 0.254 e. The zero-order chi connectivity index (χ0) is 18.5. The van der Waals surface area contributed by atoms with E-state index in [1.165, 1.54) is 0 Å². The van der Waals surface area contributed by atoms with Crippen LogP contribution in [0.3, 0.4) is 0 Å². The second kappa shape index (κ2) is 7.70. The molecule has 0 bridgehead atoms. The number of nitriles is 1. The van der Waals surface area contributed by atoms with Crippen molar-refractivity contribution in [2.75, 3.05) is 33.3 Å².